The summed E-state index contributed by atoms with van der Waals surface area (Å²) in [5.41, 5.74) is 0.375. The zero-order chi connectivity index (χ0) is 15.5. The Bertz CT molecular complexity index is 526. The van der Waals surface area contributed by atoms with Gasteiger partial charge in [0.2, 0.25) is 0 Å². The van der Waals surface area contributed by atoms with E-state index in [-0.39, 0.29) is 5.91 Å². The Morgan fingerprint density at radius 1 is 1.30 bits per heavy atom. The average Bonchev–Trinajstić information content (AvgIpc) is 2.38. The quantitative estimate of drug-likeness (QED) is 0.886. The zero-order valence-corrected chi connectivity index (χ0v) is 12.6. The average molecular weight is 279 g/mol. The second-order valence-corrected chi connectivity index (χ2v) is 5.11. The highest BCUT2D eigenvalue weighted by molar-refractivity contribution is 5.98. The van der Waals surface area contributed by atoms with Gasteiger partial charge in [0.25, 0.3) is 5.91 Å². The molecule has 0 fully saturated rings. The topological polar surface area (TPSA) is 83.4 Å². The molecule has 0 saturated heterocycles. The molecule has 20 heavy (non-hydrogen) atoms. The number of carbonyl (C=O) groups excluding carboxylic acids is 1. The van der Waals surface area contributed by atoms with Crippen molar-refractivity contribution in [2.75, 3.05) is 6.54 Å². The van der Waals surface area contributed by atoms with E-state index in [1.54, 1.807) is 19.9 Å². The zero-order valence-electron chi connectivity index (χ0n) is 12.6. The van der Waals surface area contributed by atoms with Crippen molar-refractivity contribution < 1.29 is 14.7 Å². The van der Waals surface area contributed by atoms with Gasteiger partial charge in [0.15, 0.2) is 0 Å². The van der Waals surface area contributed by atoms with Crippen molar-refractivity contribution in [2.45, 2.75) is 46.6 Å². The van der Waals surface area contributed by atoms with Crippen molar-refractivity contribution in [3.05, 3.63) is 23.0 Å². The van der Waals surface area contributed by atoms with Crippen molar-refractivity contribution in [2.24, 2.45) is 0 Å². The fraction of sp³-hybridized carbons (Fsp3) is 0.571. The van der Waals surface area contributed by atoms with Crippen LogP contribution < -0.4 is 0 Å². The molecule has 1 aromatic heterocycles. The maximum absolute atomic E-state index is 12.7. The normalized spacial score (nSPS) is 11.2. The number of carboxylic acid groups (broad SMARTS) is 1. The molecule has 0 saturated carbocycles. The van der Waals surface area contributed by atoms with Gasteiger partial charge in [-0.2, -0.15) is 10.2 Å². The van der Waals surface area contributed by atoms with E-state index in [0.717, 1.165) is 0 Å². The van der Waals surface area contributed by atoms with Crippen molar-refractivity contribution in [1.82, 2.24) is 15.1 Å². The molecule has 1 aromatic rings. The molecule has 0 aliphatic rings. The van der Waals surface area contributed by atoms with Crippen LogP contribution in [0.15, 0.2) is 6.07 Å². The molecule has 1 amide bonds. The van der Waals surface area contributed by atoms with Crippen LogP contribution in [-0.4, -0.2) is 44.2 Å². The lowest BCUT2D eigenvalue weighted by atomic mass is 10.0. The summed E-state index contributed by atoms with van der Waals surface area (Å²) in [5.74, 6) is -1.36. The highest BCUT2D eigenvalue weighted by atomic mass is 16.4. The number of aliphatic carboxylic acids is 1. The number of rotatable bonds is 5. The van der Waals surface area contributed by atoms with Crippen LogP contribution in [0.5, 0.6) is 0 Å². The largest absolute Gasteiger partial charge is 0.480 e. The smallest absolute Gasteiger partial charge is 0.329 e. The van der Waals surface area contributed by atoms with Gasteiger partial charge in [0, 0.05) is 6.54 Å². The molecule has 0 unspecified atom stereocenters. The number of hydrogen-bond donors (Lipinski definition) is 1. The summed E-state index contributed by atoms with van der Waals surface area (Å²) < 4.78 is 0. The Kier molecular flexibility index (Phi) is 4.81. The van der Waals surface area contributed by atoms with E-state index in [0.29, 0.717) is 29.9 Å². The second-order valence-electron chi connectivity index (χ2n) is 5.11. The number of carbonyl (C=O) groups is 2. The summed E-state index contributed by atoms with van der Waals surface area (Å²) >= 11 is 0. The van der Waals surface area contributed by atoms with Gasteiger partial charge in [0.05, 0.1) is 17.0 Å². The molecule has 0 aliphatic heterocycles. The van der Waals surface area contributed by atoms with Crippen LogP contribution in [0.1, 0.15) is 49.4 Å². The van der Waals surface area contributed by atoms with Gasteiger partial charge < -0.3 is 10.0 Å². The van der Waals surface area contributed by atoms with Gasteiger partial charge in [-0.3, -0.25) is 4.79 Å². The molecule has 0 radical (unpaired) electrons. The van der Waals surface area contributed by atoms with E-state index in [2.05, 4.69) is 10.2 Å². The van der Waals surface area contributed by atoms with E-state index >= 15 is 0 Å². The Hall–Kier alpha value is -1.98. The third-order valence-electron chi connectivity index (χ3n) is 3.32. The standard InChI is InChI=1S/C14H21N3O3/c1-6-11-10(8-9(3)15-16-11)12(18)17(7-2)14(4,5)13(19)20/h8H,6-7H2,1-5H3,(H,19,20). The second kappa shape index (κ2) is 5.98. The van der Waals surface area contributed by atoms with Gasteiger partial charge >= 0.3 is 5.97 Å². The van der Waals surface area contributed by atoms with E-state index in [9.17, 15) is 14.7 Å². The monoisotopic (exact) mass is 279 g/mol. The van der Waals surface area contributed by atoms with Gasteiger partial charge in [0.1, 0.15) is 5.54 Å². The molecule has 0 bridgehead atoms. The number of aryl methyl sites for hydroxylation is 2. The van der Waals surface area contributed by atoms with E-state index in [1.165, 1.54) is 18.7 Å². The minimum absolute atomic E-state index is 0.308. The predicted octanol–water partition coefficient (Wildman–Crippen LogP) is 1.67. The van der Waals surface area contributed by atoms with Crippen molar-refractivity contribution in [3.8, 4) is 0 Å². The molecule has 1 rings (SSSR count). The first-order chi connectivity index (χ1) is 9.25. The minimum Gasteiger partial charge on any atom is -0.480 e. The number of hydrogen-bond acceptors (Lipinski definition) is 4. The molecule has 0 atom stereocenters. The number of carboxylic acids is 1. The van der Waals surface area contributed by atoms with Crippen LogP contribution in [0.4, 0.5) is 0 Å². The highest BCUT2D eigenvalue weighted by Crippen LogP contribution is 2.20. The van der Waals surface area contributed by atoms with Crippen LogP contribution >= 0.6 is 0 Å². The lowest BCUT2D eigenvalue weighted by Crippen LogP contribution is -2.53. The number of aromatic nitrogens is 2. The number of likely N-dealkylation sites (N-methyl/N-ethyl adjacent to an activating group) is 1. The van der Waals surface area contributed by atoms with Crippen LogP contribution in [-0.2, 0) is 11.2 Å². The lowest BCUT2D eigenvalue weighted by Gasteiger charge is -2.34. The van der Waals surface area contributed by atoms with Gasteiger partial charge in [-0.15, -0.1) is 0 Å². The molecular weight excluding hydrogens is 258 g/mol. The molecule has 110 valence electrons. The summed E-state index contributed by atoms with van der Waals surface area (Å²) in [5, 5.41) is 17.3. The highest BCUT2D eigenvalue weighted by Gasteiger charge is 2.38. The Morgan fingerprint density at radius 3 is 2.35 bits per heavy atom. The van der Waals surface area contributed by atoms with E-state index in [1.807, 2.05) is 6.92 Å². The van der Waals surface area contributed by atoms with Crippen LogP contribution in [0.3, 0.4) is 0 Å². The minimum atomic E-state index is -1.27. The van der Waals surface area contributed by atoms with Gasteiger partial charge in [-0.25, -0.2) is 4.79 Å². The maximum atomic E-state index is 12.7. The summed E-state index contributed by atoms with van der Waals surface area (Å²) in [4.78, 5) is 25.3. The summed E-state index contributed by atoms with van der Waals surface area (Å²) in [6.45, 7) is 8.74. The van der Waals surface area contributed by atoms with Crippen molar-refractivity contribution in [1.29, 1.82) is 0 Å². The molecule has 0 aromatic carbocycles. The predicted molar refractivity (Wildman–Crippen MR) is 74.6 cm³/mol. The first-order valence-electron chi connectivity index (χ1n) is 6.64. The van der Waals surface area contributed by atoms with Gasteiger partial charge in [-0.05, 0) is 40.2 Å². The molecular formula is C14H21N3O3. The lowest BCUT2D eigenvalue weighted by molar-refractivity contribution is -0.147. The fourth-order valence-electron chi connectivity index (χ4n) is 2.01. The molecule has 6 nitrogen and oxygen atoms in total. The number of amides is 1. The molecule has 1 N–H and O–H groups in total. The molecule has 6 heteroatoms. The Balaban J connectivity index is 3.28. The molecule has 1 heterocycles. The van der Waals surface area contributed by atoms with E-state index in [4.69, 9.17) is 0 Å². The van der Waals surface area contributed by atoms with Crippen LogP contribution in [0.25, 0.3) is 0 Å². The van der Waals surface area contributed by atoms with E-state index < -0.39 is 11.5 Å². The molecule has 0 aliphatic carbocycles. The fourth-order valence-corrected chi connectivity index (χ4v) is 2.01. The van der Waals surface area contributed by atoms with Crippen LogP contribution in [0.2, 0.25) is 0 Å². The first-order valence-corrected chi connectivity index (χ1v) is 6.64. The maximum Gasteiger partial charge on any atom is 0.329 e. The molecule has 0 spiro atoms. The Morgan fingerprint density at radius 2 is 1.90 bits per heavy atom. The Labute approximate surface area is 118 Å². The van der Waals surface area contributed by atoms with Crippen LogP contribution in [0, 0.1) is 6.92 Å². The third-order valence-corrected chi connectivity index (χ3v) is 3.32. The SMILES string of the molecule is CCc1nnc(C)cc1C(=O)N(CC)C(C)(C)C(=O)O. The third kappa shape index (κ3) is 2.95. The first kappa shape index (κ1) is 16.1. The summed E-state index contributed by atoms with van der Waals surface area (Å²) in [6, 6.07) is 1.66. The number of nitrogens with zero attached hydrogens (tertiary/aromatic N) is 3. The van der Waals surface area contributed by atoms with Gasteiger partial charge in [-0.1, -0.05) is 6.92 Å². The summed E-state index contributed by atoms with van der Waals surface area (Å²) in [7, 11) is 0. The summed E-state index contributed by atoms with van der Waals surface area (Å²) in [6.07, 6.45) is 0.569. The van der Waals surface area contributed by atoms with Crippen molar-refractivity contribution >= 4 is 11.9 Å². The van der Waals surface area contributed by atoms with Crippen molar-refractivity contribution in [3.63, 3.8) is 0 Å².